The molecule has 3 heterocycles. The topological polar surface area (TPSA) is 77.0 Å². The summed E-state index contributed by atoms with van der Waals surface area (Å²) < 4.78 is 0. The van der Waals surface area contributed by atoms with Crippen LogP contribution in [0.5, 0.6) is 0 Å². The van der Waals surface area contributed by atoms with E-state index in [0.717, 1.165) is 45.5 Å². The normalized spacial score (nSPS) is 12.8. The molecule has 0 atom stereocenters. The van der Waals surface area contributed by atoms with Crippen molar-refractivity contribution in [2.24, 2.45) is 10.7 Å². The van der Waals surface area contributed by atoms with Gasteiger partial charge in [-0.15, -0.1) is 0 Å². The molecule has 0 unspecified atom stereocenters. The van der Waals surface area contributed by atoms with Crippen LogP contribution in [-0.4, -0.2) is 20.8 Å². The van der Waals surface area contributed by atoms with Crippen molar-refractivity contribution < 1.29 is 0 Å². The number of hydrogen-bond acceptors (Lipinski definition) is 5. The molecule has 2 N–H and O–H groups in total. The first kappa shape index (κ1) is 14.7. The summed E-state index contributed by atoms with van der Waals surface area (Å²) in [4.78, 5) is 17.8. The van der Waals surface area contributed by atoms with Crippen LogP contribution in [0.1, 0.15) is 5.56 Å². The number of rotatable bonds is 2. The van der Waals surface area contributed by atoms with Crippen molar-refractivity contribution in [3.63, 3.8) is 0 Å². The van der Waals surface area contributed by atoms with E-state index in [1.54, 1.807) is 18.6 Å². The molecule has 0 bridgehead atoms. The first-order valence-corrected chi connectivity index (χ1v) is 8.40. The van der Waals surface area contributed by atoms with Gasteiger partial charge in [0.1, 0.15) is 5.84 Å². The zero-order chi connectivity index (χ0) is 17.5. The lowest BCUT2D eigenvalue weighted by Gasteiger charge is -2.07. The average Bonchev–Trinajstić information content (AvgIpc) is 3.07. The van der Waals surface area contributed by atoms with Crippen molar-refractivity contribution in [1.82, 2.24) is 15.0 Å². The first-order chi connectivity index (χ1) is 12.8. The van der Waals surface area contributed by atoms with Gasteiger partial charge in [0.2, 0.25) is 0 Å². The molecule has 0 fully saturated rings. The van der Waals surface area contributed by atoms with E-state index in [1.165, 1.54) is 5.56 Å². The molecule has 5 nitrogen and oxygen atoms in total. The van der Waals surface area contributed by atoms with Crippen molar-refractivity contribution in [3.8, 4) is 22.4 Å². The minimum atomic E-state index is 0.670. The third kappa shape index (κ3) is 2.50. The van der Waals surface area contributed by atoms with Gasteiger partial charge < -0.3 is 5.73 Å². The van der Waals surface area contributed by atoms with Gasteiger partial charge in [-0.2, -0.15) is 0 Å². The van der Waals surface area contributed by atoms with E-state index in [9.17, 15) is 0 Å². The molecule has 1 aliphatic rings. The number of aliphatic imine (C=N–C) groups is 1. The van der Waals surface area contributed by atoms with Crippen LogP contribution in [-0.2, 0) is 6.42 Å². The summed E-state index contributed by atoms with van der Waals surface area (Å²) >= 11 is 0. The monoisotopic (exact) mass is 337 g/mol. The Morgan fingerprint density at radius 3 is 2.50 bits per heavy atom. The van der Waals surface area contributed by atoms with Crippen LogP contribution in [0.2, 0.25) is 0 Å². The number of nitrogens with two attached hydrogens (primary N) is 1. The van der Waals surface area contributed by atoms with E-state index in [1.807, 2.05) is 18.2 Å². The molecule has 2 aromatic carbocycles. The van der Waals surface area contributed by atoms with E-state index in [2.05, 4.69) is 45.3 Å². The quantitative estimate of drug-likeness (QED) is 0.602. The lowest BCUT2D eigenvalue weighted by atomic mass is 10.0. The number of pyridine rings is 1. The van der Waals surface area contributed by atoms with Crippen molar-refractivity contribution in [2.75, 3.05) is 0 Å². The standard InChI is InChI=1S/C21H15N5/c22-21-11-16-2-1-14(9-18(16)26-21)15-3-4-17-19(10-15)25-20(12-24-17)13-5-7-23-8-6-13/h1-10,12H,11H2,(H2,22,26). The van der Waals surface area contributed by atoms with E-state index in [-0.39, 0.29) is 0 Å². The van der Waals surface area contributed by atoms with Crippen molar-refractivity contribution in [2.45, 2.75) is 6.42 Å². The lowest BCUT2D eigenvalue weighted by molar-refractivity contribution is 1.27. The summed E-state index contributed by atoms with van der Waals surface area (Å²) in [7, 11) is 0. The predicted molar refractivity (Wildman–Crippen MR) is 103 cm³/mol. The molecule has 0 spiro atoms. The van der Waals surface area contributed by atoms with Gasteiger partial charge in [0.05, 0.1) is 28.6 Å². The number of fused-ring (bicyclic) bond motifs is 2. The van der Waals surface area contributed by atoms with Gasteiger partial charge in [0.15, 0.2) is 0 Å². The maximum atomic E-state index is 5.85. The van der Waals surface area contributed by atoms with E-state index >= 15 is 0 Å². The SMILES string of the molecule is NC1=Nc2cc(-c3ccc4ncc(-c5ccncc5)nc4c3)ccc2C1. The number of amidine groups is 1. The van der Waals surface area contributed by atoms with Gasteiger partial charge in [-0.05, 0) is 47.0 Å². The first-order valence-electron chi connectivity index (χ1n) is 8.40. The van der Waals surface area contributed by atoms with E-state index in [0.29, 0.717) is 5.84 Å². The fourth-order valence-corrected chi connectivity index (χ4v) is 3.24. The smallest absolute Gasteiger partial charge is 0.104 e. The Bertz CT molecular complexity index is 1170. The number of nitrogens with zero attached hydrogens (tertiary/aromatic N) is 4. The maximum Gasteiger partial charge on any atom is 0.104 e. The Hall–Kier alpha value is -3.60. The largest absolute Gasteiger partial charge is 0.387 e. The molecule has 1 aliphatic heterocycles. The van der Waals surface area contributed by atoms with Crippen molar-refractivity contribution >= 4 is 22.6 Å². The van der Waals surface area contributed by atoms with Gasteiger partial charge in [-0.3, -0.25) is 9.97 Å². The van der Waals surface area contributed by atoms with Crippen LogP contribution in [0.4, 0.5) is 5.69 Å². The van der Waals surface area contributed by atoms with Gasteiger partial charge in [0, 0.05) is 24.4 Å². The zero-order valence-electron chi connectivity index (χ0n) is 13.9. The molecule has 2 aromatic heterocycles. The minimum Gasteiger partial charge on any atom is -0.387 e. The maximum absolute atomic E-state index is 5.85. The van der Waals surface area contributed by atoms with Crippen molar-refractivity contribution in [1.29, 1.82) is 0 Å². The zero-order valence-corrected chi connectivity index (χ0v) is 13.9. The molecule has 5 rings (SSSR count). The Balaban J connectivity index is 1.60. The van der Waals surface area contributed by atoms with Crippen molar-refractivity contribution in [3.05, 3.63) is 72.7 Å². The highest BCUT2D eigenvalue weighted by molar-refractivity contribution is 5.92. The van der Waals surface area contributed by atoms with Gasteiger partial charge in [0.25, 0.3) is 0 Å². The minimum absolute atomic E-state index is 0.670. The Labute approximate surface area is 150 Å². The van der Waals surface area contributed by atoms with Crippen LogP contribution in [0.3, 0.4) is 0 Å². The van der Waals surface area contributed by atoms with Crippen LogP contribution in [0.25, 0.3) is 33.4 Å². The summed E-state index contributed by atoms with van der Waals surface area (Å²) in [5.41, 5.74) is 13.7. The van der Waals surface area contributed by atoms with Crippen LogP contribution in [0, 0.1) is 0 Å². The highest BCUT2D eigenvalue weighted by Crippen LogP contribution is 2.32. The van der Waals surface area contributed by atoms with Crippen LogP contribution in [0.15, 0.2) is 72.1 Å². The molecular formula is C21H15N5. The van der Waals surface area contributed by atoms with Gasteiger partial charge in [-0.1, -0.05) is 18.2 Å². The molecule has 0 saturated heterocycles. The summed E-state index contributed by atoms with van der Waals surface area (Å²) in [6, 6.07) is 16.3. The molecule has 0 radical (unpaired) electrons. The summed E-state index contributed by atoms with van der Waals surface area (Å²) in [6.45, 7) is 0. The predicted octanol–water partition coefficient (Wildman–Crippen LogP) is 3.90. The summed E-state index contributed by atoms with van der Waals surface area (Å²) in [5, 5.41) is 0. The van der Waals surface area contributed by atoms with E-state index < -0.39 is 0 Å². The van der Waals surface area contributed by atoms with Crippen LogP contribution >= 0.6 is 0 Å². The highest BCUT2D eigenvalue weighted by atomic mass is 14.9. The summed E-state index contributed by atoms with van der Waals surface area (Å²) in [5.74, 6) is 0.670. The van der Waals surface area contributed by atoms with Crippen LogP contribution < -0.4 is 5.73 Å². The molecule has 5 heteroatoms. The Morgan fingerprint density at radius 2 is 1.62 bits per heavy atom. The third-order valence-electron chi connectivity index (χ3n) is 4.57. The fraction of sp³-hybridized carbons (Fsp3) is 0.0476. The molecule has 26 heavy (non-hydrogen) atoms. The molecule has 124 valence electrons. The Morgan fingerprint density at radius 1 is 0.808 bits per heavy atom. The fourth-order valence-electron chi connectivity index (χ4n) is 3.24. The highest BCUT2D eigenvalue weighted by Gasteiger charge is 2.13. The second-order valence-corrected chi connectivity index (χ2v) is 6.32. The van der Waals surface area contributed by atoms with Gasteiger partial charge in [-0.25, -0.2) is 9.98 Å². The molecule has 0 amide bonds. The Kier molecular flexibility index (Phi) is 3.25. The molecule has 4 aromatic rings. The second-order valence-electron chi connectivity index (χ2n) is 6.32. The summed E-state index contributed by atoms with van der Waals surface area (Å²) in [6.07, 6.45) is 6.04. The molecule has 0 aliphatic carbocycles. The number of hydrogen-bond donors (Lipinski definition) is 1. The molecule has 0 saturated carbocycles. The van der Waals surface area contributed by atoms with Gasteiger partial charge >= 0.3 is 0 Å². The molecular weight excluding hydrogens is 322 g/mol. The third-order valence-corrected chi connectivity index (χ3v) is 4.57. The van der Waals surface area contributed by atoms with E-state index in [4.69, 9.17) is 10.7 Å². The lowest BCUT2D eigenvalue weighted by Crippen LogP contribution is -2.09. The average molecular weight is 337 g/mol. The second kappa shape index (κ2) is 5.74. The number of benzene rings is 2. The number of aromatic nitrogens is 3.